The maximum Gasteiger partial charge on any atom is 0.279 e. The maximum atomic E-state index is 12.1. The van der Waals surface area contributed by atoms with Crippen molar-refractivity contribution in [1.82, 2.24) is 10.9 Å². The monoisotopic (exact) mass is 318 g/mol. The first-order chi connectivity index (χ1) is 10.6. The van der Waals surface area contributed by atoms with Gasteiger partial charge in [0.1, 0.15) is 5.75 Å². The largest absolute Gasteiger partial charge is 0.481 e. The third-order valence-corrected chi connectivity index (χ3v) is 3.88. The van der Waals surface area contributed by atoms with Gasteiger partial charge in [0.25, 0.3) is 11.8 Å². The molecule has 0 saturated heterocycles. The summed E-state index contributed by atoms with van der Waals surface area (Å²) in [6.45, 7) is 3.83. The lowest BCUT2D eigenvalue weighted by atomic mass is 10.2. The van der Waals surface area contributed by atoms with E-state index in [-0.39, 0.29) is 11.8 Å². The molecule has 2 aromatic rings. The number of hydrogen-bond donors (Lipinski definition) is 2. The van der Waals surface area contributed by atoms with Gasteiger partial charge in [-0.05, 0) is 36.9 Å². The minimum absolute atomic E-state index is 0.339. The molecule has 1 aromatic heterocycles. The molecular weight excluding hydrogens is 300 g/mol. The Labute approximate surface area is 133 Å². The van der Waals surface area contributed by atoms with E-state index < -0.39 is 6.10 Å². The van der Waals surface area contributed by atoms with Crippen molar-refractivity contribution >= 4 is 23.2 Å². The molecule has 1 heterocycles. The third-order valence-electron chi connectivity index (χ3n) is 3.01. The Morgan fingerprint density at radius 3 is 2.50 bits per heavy atom. The number of thiophene rings is 1. The highest BCUT2D eigenvalue weighted by Crippen LogP contribution is 2.14. The second kappa shape index (κ2) is 7.61. The lowest BCUT2D eigenvalue weighted by Crippen LogP contribution is -2.47. The van der Waals surface area contributed by atoms with E-state index in [1.54, 1.807) is 17.5 Å². The number of carbonyl (C=O) groups is 2. The molecule has 0 spiro atoms. The highest BCUT2D eigenvalue weighted by Gasteiger charge is 2.19. The fourth-order valence-corrected chi connectivity index (χ4v) is 2.39. The molecule has 0 saturated carbocycles. The van der Waals surface area contributed by atoms with E-state index in [0.29, 0.717) is 17.0 Å². The fourth-order valence-electron chi connectivity index (χ4n) is 1.77. The number of hydrogen-bond acceptors (Lipinski definition) is 4. The first-order valence-electron chi connectivity index (χ1n) is 6.97. The molecule has 1 unspecified atom stereocenters. The van der Waals surface area contributed by atoms with E-state index in [0.717, 1.165) is 5.56 Å². The first kappa shape index (κ1) is 16.0. The second-order valence-corrected chi connectivity index (χ2v) is 5.70. The quantitative estimate of drug-likeness (QED) is 0.833. The van der Waals surface area contributed by atoms with E-state index >= 15 is 0 Å². The van der Waals surface area contributed by atoms with Gasteiger partial charge in [0.15, 0.2) is 6.10 Å². The van der Waals surface area contributed by atoms with Crippen molar-refractivity contribution in [2.75, 3.05) is 0 Å². The Balaban J connectivity index is 1.88. The van der Waals surface area contributed by atoms with E-state index in [2.05, 4.69) is 10.9 Å². The zero-order valence-electron chi connectivity index (χ0n) is 12.5. The van der Waals surface area contributed by atoms with Crippen LogP contribution in [-0.2, 0) is 4.79 Å². The third kappa shape index (κ3) is 4.33. The van der Waals surface area contributed by atoms with Crippen LogP contribution in [0.5, 0.6) is 5.75 Å². The molecule has 2 N–H and O–H groups in total. The van der Waals surface area contributed by atoms with Gasteiger partial charge in [0, 0.05) is 0 Å². The van der Waals surface area contributed by atoms with Crippen LogP contribution in [0.3, 0.4) is 0 Å². The zero-order chi connectivity index (χ0) is 15.9. The van der Waals surface area contributed by atoms with Crippen LogP contribution in [0.15, 0.2) is 41.8 Å². The Morgan fingerprint density at radius 1 is 1.18 bits per heavy atom. The van der Waals surface area contributed by atoms with Crippen molar-refractivity contribution in [3.63, 3.8) is 0 Å². The van der Waals surface area contributed by atoms with Crippen LogP contribution in [0.25, 0.3) is 0 Å². The lowest BCUT2D eigenvalue weighted by molar-refractivity contribution is -0.128. The first-order valence-corrected chi connectivity index (χ1v) is 7.85. The summed E-state index contributed by atoms with van der Waals surface area (Å²) in [4.78, 5) is 24.4. The molecule has 0 fully saturated rings. The average molecular weight is 318 g/mol. The average Bonchev–Trinajstić information content (AvgIpc) is 3.06. The minimum atomic E-state index is -0.661. The van der Waals surface area contributed by atoms with Gasteiger partial charge in [-0.25, -0.2) is 0 Å². The molecule has 1 aromatic carbocycles. The van der Waals surface area contributed by atoms with E-state index in [1.807, 2.05) is 38.1 Å². The van der Waals surface area contributed by atoms with Crippen molar-refractivity contribution in [2.24, 2.45) is 0 Å². The highest BCUT2D eigenvalue weighted by molar-refractivity contribution is 7.12. The standard InChI is InChI=1S/C16H18N2O3S/c1-3-13(21-12-8-6-11(2)7-9-12)15(19)17-18-16(20)14-5-4-10-22-14/h4-10,13H,3H2,1-2H3,(H,17,19)(H,18,20). The van der Waals surface area contributed by atoms with Gasteiger partial charge in [-0.15, -0.1) is 11.3 Å². The van der Waals surface area contributed by atoms with Crippen molar-refractivity contribution in [1.29, 1.82) is 0 Å². The van der Waals surface area contributed by atoms with Gasteiger partial charge in [-0.3, -0.25) is 20.4 Å². The van der Waals surface area contributed by atoms with Crippen LogP contribution in [0.1, 0.15) is 28.6 Å². The highest BCUT2D eigenvalue weighted by atomic mass is 32.1. The number of aryl methyl sites for hydroxylation is 1. The molecule has 0 aliphatic carbocycles. The number of hydrazine groups is 1. The Hall–Kier alpha value is -2.34. The van der Waals surface area contributed by atoms with Crippen molar-refractivity contribution in [2.45, 2.75) is 26.4 Å². The number of ether oxygens (including phenoxy) is 1. The molecule has 5 nitrogen and oxygen atoms in total. The predicted octanol–water partition coefficient (Wildman–Crippen LogP) is 2.68. The summed E-state index contributed by atoms with van der Waals surface area (Å²) >= 11 is 1.31. The summed E-state index contributed by atoms with van der Waals surface area (Å²) in [6.07, 6.45) is -0.166. The normalized spacial score (nSPS) is 11.5. The molecule has 0 radical (unpaired) electrons. The van der Waals surface area contributed by atoms with Crippen molar-refractivity contribution < 1.29 is 14.3 Å². The van der Waals surface area contributed by atoms with Crippen LogP contribution in [0.4, 0.5) is 0 Å². The summed E-state index contributed by atoms with van der Waals surface area (Å²) in [5.74, 6) is -0.0984. The molecule has 0 bridgehead atoms. The molecule has 0 aliphatic rings. The van der Waals surface area contributed by atoms with Gasteiger partial charge < -0.3 is 4.74 Å². The molecule has 22 heavy (non-hydrogen) atoms. The second-order valence-electron chi connectivity index (χ2n) is 4.75. The van der Waals surface area contributed by atoms with Gasteiger partial charge in [0.05, 0.1) is 4.88 Å². The molecule has 0 aliphatic heterocycles. The van der Waals surface area contributed by atoms with Crippen molar-refractivity contribution in [3.05, 3.63) is 52.2 Å². The molecule has 6 heteroatoms. The fraction of sp³-hybridized carbons (Fsp3) is 0.250. The minimum Gasteiger partial charge on any atom is -0.481 e. The van der Waals surface area contributed by atoms with E-state index in [4.69, 9.17) is 4.74 Å². The Morgan fingerprint density at radius 2 is 1.91 bits per heavy atom. The number of nitrogens with one attached hydrogen (secondary N) is 2. The summed E-state index contributed by atoms with van der Waals surface area (Å²) in [5.41, 5.74) is 5.90. The number of carbonyl (C=O) groups excluding carboxylic acids is 2. The smallest absolute Gasteiger partial charge is 0.279 e. The number of rotatable bonds is 5. The van der Waals surface area contributed by atoms with Gasteiger partial charge >= 0.3 is 0 Å². The number of amides is 2. The lowest BCUT2D eigenvalue weighted by Gasteiger charge is -2.17. The van der Waals surface area contributed by atoms with Gasteiger partial charge in [-0.2, -0.15) is 0 Å². The Bertz CT molecular complexity index is 623. The zero-order valence-corrected chi connectivity index (χ0v) is 13.3. The SMILES string of the molecule is CCC(Oc1ccc(C)cc1)C(=O)NNC(=O)c1cccs1. The van der Waals surface area contributed by atoms with E-state index in [1.165, 1.54) is 11.3 Å². The van der Waals surface area contributed by atoms with Crippen LogP contribution in [0, 0.1) is 6.92 Å². The van der Waals surface area contributed by atoms with Gasteiger partial charge in [0.2, 0.25) is 0 Å². The van der Waals surface area contributed by atoms with Crippen LogP contribution in [0.2, 0.25) is 0 Å². The summed E-state index contributed by atoms with van der Waals surface area (Å²) in [5, 5.41) is 1.80. The topological polar surface area (TPSA) is 67.4 Å². The maximum absolute atomic E-state index is 12.1. The predicted molar refractivity (Wildman–Crippen MR) is 85.8 cm³/mol. The summed E-state index contributed by atoms with van der Waals surface area (Å²) in [7, 11) is 0. The number of benzene rings is 1. The molecular formula is C16H18N2O3S. The van der Waals surface area contributed by atoms with E-state index in [9.17, 15) is 9.59 Å². The van der Waals surface area contributed by atoms with Gasteiger partial charge in [-0.1, -0.05) is 30.7 Å². The molecule has 2 amide bonds. The van der Waals surface area contributed by atoms with Crippen molar-refractivity contribution in [3.8, 4) is 5.75 Å². The molecule has 2 rings (SSSR count). The van der Waals surface area contributed by atoms with Crippen LogP contribution in [-0.4, -0.2) is 17.9 Å². The Kier molecular flexibility index (Phi) is 5.55. The molecule has 1 atom stereocenters. The van der Waals surface area contributed by atoms with Crippen LogP contribution < -0.4 is 15.6 Å². The molecule has 116 valence electrons. The summed E-state index contributed by atoms with van der Waals surface area (Å²) < 4.78 is 5.64. The van der Waals surface area contributed by atoms with Crippen LogP contribution >= 0.6 is 11.3 Å². The summed E-state index contributed by atoms with van der Waals surface area (Å²) in [6, 6.07) is 10.9.